The highest BCUT2D eigenvalue weighted by Crippen LogP contribution is 2.33. The van der Waals surface area contributed by atoms with Crippen molar-refractivity contribution >= 4 is 17.6 Å². The number of rotatable bonds is 6. The monoisotopic (exact) mass is 293 g/mol. The normalized spacial score (nSPS) is 20.6. The minimum Gasteiger partial charge on any atom is -0.506 e. The third-order valence-electron chi connectivity index (χ3n) is 3.59. The summed E-state index contributed by atoms with van der Waals surface area (Å²) in [5.41, 5.74) is 0.142. The van der Waals surface area contributed by atoms with Gasteiger partial charge in [-0.05, 0) is 43.9 Å². The molecule has 6 nitrogen and oxygen atoms in total. The fourth-order valence-electron chi connectivity index (χ4n) is 2.45. The lowest BCUT2D eigenvalue weighted by atomic mass is 9.80. The second kappa shape index (κ2) is 6.58. The van der Waals surface area contributed by atoms with E-state index in [1.165, 1.54) is 18.2 Å². The third-order valence-corrected chi connectivity index (χ3v) is 3.59. The minimum absolute atomic E-state index is 0.0168. The molecule has 0 bridgehead atoms. The molecule has 1 aliphatic carbocycles. The SMILES string of the molecule is CCOC1CC(CC(=O)Nc2cc(C(=O)O)ccc2O)C1. The maximum atomic E-state index is 11.9. The van der Waals surface area contributed by atoms with Crippen molar-refractivity contribution in [2.24, 2.45) is 5.92 Å². The smallest absolute Gasteiger partial charge is 0.335 e. The Morgan fingerprint density at radius 1 is 1.38 bits per heavy atom. The van der Waals surface area contributed by atoms with Crippen molar-refractivity contribution in [2.75, 3.05) is 11.9 Å². The summed E-state index contributed by atoms with van der Waals surface area (Å²) in [7, 11) is 0. The van der Waals surface area contributed by atoms with Crippen LogP contribution in [0.4, 0.5) is 5.69 Å². The van der Waals surface area contributed by atoms with Crippen LogP contribution in [0.25, 0.3) is 0 Å². The summed E-state index contributed by atoms with van der Waals surface area (Å²) in [4.78, 5) is 22.8. The predicted octanol–water partition coefficient (Wildman–Crippen LogP) is 2.23. The van der Waals surface area contributed by atoms with E-state index >= 15 is 0 Å². The number of aromatic carboxylic acids is 1. The van der Waals surface area contributed by atoms with Crippen molar-refractivity contribution in [2.45, 2.75) is 32.3 Å². The number of phenolic OH excluding ortho intramolecular Hbond substituents is 1. The van der Waals surface area contributed by atoms with Crippen LogP contribution in [0.1, 0.15) is 36.5 Å². The molecule has 6 heteroatoms. The molecule has 3 N–H and O–H groups in total. The standard InChI is InChI=1S/C15H19NO5/c1-2-21-11-5-9(6-11)7-14(18)16-12-8-10(15(19)20)3-4-13(12)17/h3-4,8-9,11,17H,2,5-7H2,1H3,(H,16,18)(H,19,20). The Morgan fingerprint density at radius 3 is 2.71 bits per heavy atom. The summed E-state index contributed by atoms with van der Waals surface area (Å²) in [5.74, 6) is -1.20. The summed E-state index contributed by atoms with van der Waals surface area (Å²) < 4.78 is 5.43. The number of hydrogen-bond acceptors (Lipinski definition) is 4. The molecule has 1 aromatic carbocycles. The minimum atomic E-state index is -1.11. The lowest BCUT2D eigenvalue weighted by molar-refractivity contribution is -0.119. The first-order valence-corrected chi connectivity index (χ1v) is 6.97. The number of carbonyl (C=O) groups is 2. The van der Waals surface area contributed by atoms with Crippen LogP contribution in [0.15, 0.2) is 18.2 Å². The number of carbonyl (C=O) groups excluding carboxylic acids is 1. The molecule has 0 aromatic heterocycles. The summed E-state index contributed by atoms with van der Waals surface area (Å²) >= 11 is 0. The number of nitrogens with one attached hydrogen (secondary N) is 1. The van der Waals surface area contributed by atoms with Crippen molar-refractivity contribution in [3.05, 3.63) is 23.8 Å². The van der Waals surface area contributed by atoms with E-state index in [9.17, 15) is 14.7 Å². The van der Waals surface area contributed by atoms with Gasteiger partial charge in [-0.25, -0.2) is 4.79 Å². The van der Waals surface area contributed by atoms with Gasteiger partial charge in [-0.3, -0.25) is 4.79 Å². The van der Waals surface area contributed by atoms with Gasteiger partial charge in [0.1, 0.15) is 5.75 Å². The van der Waals surface area contributed by atoms with E-state index in [0.29, 0.717) is 13.0 Å². The third kappa shape index (κ3) is 3.95. The summed E-state index contributed by atoms with van der Waals surface area (Å²) in [6.45, 7) is 2.62. The molecule has 0 aliphatic heterocycles. The Balaban J connectivity index is 1.88. The van der Waals surface area contributed by atoms with E-state index in [4.69, 9.17) is 9.84 Å². The maximum Gasteiger partial charge on any atom is 0.335 e. The summed E-state index contributed by atoms with van der Waals surface area (Å²) in [6.07, 6.45) is 2.32. The molecule has 2 rings (SSSR count). The molecule has 0 saturated heterocycles. The molecule has 0 spiro atoms. The lowest BCUT2D eigenvalue weighted by Gasteiger charge is -2.34. The zero-order chi connectivity index (χ0) is 15.4. The molecule has 1 aliphatic rings. The molecule has 1 fully saturated rings. The highest BCUT2D eigenvalue weighted by molar-refractivity contribution is 5.95. The predicted molar refractivity (Wildman–Crippen MR) is 76.5 cm³/mol. The molecule has 0 atom stereocenters. The quantitative estimate of drug-likeness (QED) is 0.699. The zero-order valence-electron chi connectivity index (χ0n) is 11.8. The zero-order valence-corrected chi connectivity index (χ0v) is 11.8. The highest BCUT2D eigenvalue weighted by atomic mass is 16.5. The van der Waals surface area contributed by atoms with E-state index in [2.05, 4.69) is 5.32 Å². The molecular weight excluding hydrogens is 274 g/mol. The van der Waals surface area contributed by atoms with Crippen molar-refractivity contribution in [3.8, 4) is 5.75 Å². The molecule has 0 unspecified atom stereocenters. The Labute approximate surface area is 122 Å². The Hall–Kier alpha value is -2.08. The molecule has 1 saturated carbocycles. The second-order valence-electron chi connectivity index (χ2n) is 5.20. The van der Waals surface area contributed by atoms with Crippen LogP contribution in [-0.2, 0) is 9.53 Å². The topological polar surface area (TPSA) is 95.9 Å². The Bertz CT molecular complexity index is 537. The van der Waals surface area contributed by atoms with Crippen LogP contribution < -0.4 is 5.32 Å². The van der Waals surface area contributed by atoms with E-state index in [1.807, 2.05) is 6.92 Å². The van der Waals surface area contributed by atoms with Crippen LogP contribution in [-0.4, -0.2) is 34.8 Å². The number of anilines is 1. The van der Waals surface area contributed by atoms with E-state index < -0.39 is 5.97 Å². The highest BCUT2D eigenvalue weighted by Gasteiger charge is 2.31. The number of hydrogen-bond donors (Lipinski definition) is 3. The fraction of sp³-hybridized carbons (Fsp3) is 0.467. The van der Waals surface area contributed by atoms with Gasteiger partial charge in [0, 0.05) is 13.0 Å². The second-order valence-corrected chi connectivity index (χ2v) is 5.20. The number of carboxylic acid groups (broad SMARTS) is 1. The lowest BCUT2D eigenvalue weighted by Crippen LogP contribution is -2.33. The average molecular weight is 293 g/mol. The van der Waals surface area contributed by atoms with Crippen LogP contribution in [0.3, 0.4) is 0 Å². The van der Waals surface area contributed by atoms with Crippen molar-refractivity contribution in [1.82, 2.24) is 0 Å². The molecular formula is C15H19NO5. The number of benzene rings is 1. The van der Waals surface area contributed by atoms with Gasteiger partial charge in [-0.15, -0.1) is 0 Å². The van der Waals surface area contributed by atoms with Crippen molar-refractivity contribution < 1.29 is 24.5 Å². The van der Waals surface area contributed by atoms with Crippen molar-refractivity contribution in [1.29, 1.82) is 0 Å². The van der Waals surface area contributed by atoms with Crippen LogP contribution in [0, 0.1) is 5.92 Å². The number of carboxylic acids is 1. The molecule has 1 aromatic rings. The number of aromatic hydroxyl groups is 1. The first-order chi connectivity index (χ1) is 9.99. The first-order valence-electron chi connectivity index (χ1n) is 6.97. The van der Waals surface area contributed by atoms with Gasteiger partial charge in [0.15, 0.2) is 0 Å². The molecule has 21 heavy (non-hydrogen) atoms. The number of ether oxygens (including phenoxy) is 1. The number of phenols is 1. The van der Waals surface area contributed by atoms with Gasteiger partial charge < -0.3 is 20.3 Å². The van der Waals surface area contributed by atoms with Gasteiger partial charge in [-0.1, -0.05) is 0 Å². The molecule has 0 heterocycles. The molecule has 114 valence electrons. The average Bonchev–Trinajstić information content (AvgIpc) is 2.38. The van der Waals surface area contributed by atoms with Crippen LogP contribution >= 0.6 is 0 Å². The largest absolute Gasteiger partial charge is 0.506 e. The number of amides is 1. The van der Waals surface area contributed by atoms with Gasteiger partial charge in [0.2, 0.25) is 5.91 Å². The van der Waals surface area contributed by atoms with E-state index in [-0.39, 0.29) is 34.9 Å². The summed E-state index contributed by atoms with van der Waals surface area (Å²) in [6, 6.07) is 3.79. The van der Waals surface area contributed by atoms with E-state index in [0.717, 1.165) is 12.8 Å². The van der Waals surface area contributed by atoms with Gasteiger partial charge in [-0.2, -0.15) is 0 Å². The molecule has 1 amide bonds. The summed E-state index contributed by atoms with van der Waals surface area (Å²) in [5, 5.41) is 21.1. The Morgan fingerprint density at radius 2 is 2.10 bits per heavy atom. The van der Waals surface area contributed by atoms with Gasteiger partial charge in [0.25, 0.3) is 0 Å². The Kier molecular flexibility index (Phi) is 4.80. The first kappa shape index (κ1) is 15.3. The van der Waals surface area contributed by atoms with Crippen LogP contribution in [0.5, 0.6) is 5.75 Å². The van der Waals surface area contributed by atoms with E-state index in [1.54, 1.807) is 0 Å². The van der Waals surface area contributed by atoms with Gasteiger partial charge in [0.05, 0.1) is 17.4 Å². The van der Waals surface area contributed by atoms with Crippen molar-refractivity contribution in [3.63, 3.8) is 0 Å². The van der Waals surface area contributed by atoms with Crippen LogP contribution in [0.2, 0.25) is 0 Å². The molecule has 0 radical (unpaired) electrons. The fourth-order valence-corrected chi connectivity index (χ4v) is 2.45. The maximum absolute atomic E-state index is 11.9. The van der Waals surface area contributed by atoms with Gasteiger partial charge >= 0.3 is 5.97 Å².